The highest BCUT2D eigenvalue weighted by Gasteiger charge is 2.45. The Bertz CT molecular complexity index is 1310. The van der Waals surface area contributed by atoms with E-state index in [9.17, 15) is 45.5 Å². The van der Waals surface area contributed by atoms with Gasteiger partial charge in [0, 0.05) is 24.5 Å². The lowest BCUT2D eigenvalue weighted by Gasteiger charge is -2.24. The molecule has 1 aliphatic heterocycles. The first-order valence-corrected chi connectivity index (χ1v) is 11.5. The van der Waals surface area contributed by atoms with Crippen LogP contribution in [0.3, 0.4) is 0 Å². The number of carbonyl (C=O) groups is 4. The fraction of sp³-hybridized carbons (Fsp3) is 0.360. The van der Waals surface area contributed by atoms with Gasteiger partial charge in [0.25, 0.3) is 0 Å². The largest absolute Gasteiger partial charge is 0.573 e. The van der Waals surface area contributed by atoms with Crippen LogP contribution in [-0.4, -0.2) is 41.8 Å². The van der Waals surface area contributed by atoms with Crippen LogP contribution in [0.2, 0.25) is 0 Å². The second-order valence-corrected chi connectivity index (χ2v) is 8.97. The lowest BCUT2D eigenvalue weighted by atomic mass is 9.97. The Hall–Kier alpha value is -3.74. The molecule has 202 valence electrons. The van der Waals surface area contributed by atoms with Crippen LogP contribution in [0.15, 0.2) is 36.4 Å². The number of rotatable bonds is 8. The predicted octanol–water partition coefficient (Wildman–Crippen LogP) is 3.52. The maximum atomic E-state index is 14.8. The van der Waals surface area contributed by atoms with Crippen molar-refractivity contribution in [3.63, 3.8) is 0 Å². The van der Waals surface area contributed by atoms with Gasteiger partial charge in [-0.05, 0) is 42.5 Å². The third-order valence-electron chi connectivity index (χ3n) is 6.32. The molecule has 2 N–H and O–H groups in total. The number of ketones is 2. The summed E-state index contributed by atoms with van der Waals surface area (Å²) >= 11 is 0. The molecule has 4 rings (SSSR count). The Labute approximate surface area is 211 Å². The normalized spacial score (nSPS) is 19.8. The average molecular weight is 542 g/mol. The number of aryl methyl sites for hydroxylation is 1. The number of hydrogen-bond acceptors (Lipinski definition) is 6. The fourth-order valence-electron chi connectivity index (χ4n) is 4.47. The zero-order chi connectivity index (χ0) is 27.8. The smallest absolute Gasteiger partial charge is 0.405 e. The van der Waals surface area contributed by atoms with Crippen LogP contribution in [0.4, 0.5) is 26.3 Å². The molecule has 2 aromatic carbocycles. The van der Waals surface area contributed by atoms with Crippen molar-refractivity contribution in [3.8, 4) is 5.75 Å². The number of imide groups is 1. The molecule has 13 heteroatoms. The van der Waals surface area contributed by atoms with Gasteiger partial charge in [-0.3, -0.25) is 29.8 Å². The summed E-state index contributed by atoms with van der Waals surface area (Å²) < 4.78 is 84.3. The van der Waals surface area contributed by atoms with E-state index >= 15 is 0 Å². The van der Waals surface area contributed by atoms with Gasteiger partial charge >= 0.3 is 12.3 Å². The van der Waals surface area contributed by atoms with Crippen molar-refractivity contribution in [2.45, 2.75) is 56.5 Å². The fourth-order valence-corrected chi connectivity index (χ4v) is 4.47. The molecule has 2 unspecified atom stereocenters. The Kier molecular flexibility index (Phi) is 7.33. The number of benzene rings is 2. The van der Waals surface area contributed by atoms with Gasteiger partial charge in [-0.2, -0.15) is 8.78 Å². The highest BCUT2D eigenvalue weighted by atomic mass is 19.4. The number of hydrogen-bond donors (Lipinski definition) is 2. The predicted molar refractivity (Wildman–Crippen MR) is 118 cm³/mol. The number of amides is 2. The van der Waals surface area contributed by atoms with Gasteiger partial charge in [-0.15, -0.1) is 13.2 Å². The van der Waals surface area contributed by atoms with Crippen molar-refractivity contribution >= 4 is 23.4 Å². The van der Waals surface area contributed by atoms with Crippen molar-refractivity contribution in [2.75, 3.05) is 0 Å². The van der Waals surface area contributed by atoms with Gasteiger partial charge in [0.05, 0.1) is 17.6 Å². The van der Waals surface area contributed by atoms with E-state index in [-0.39, 0.29) is 37.5 Å². The molecule has 0 bridgehead atoms. The van der Waals surface area contributed by atoms with Gasteiger partial charge in [0.2, 0.25) is 17.6 Å². The Morgan fingerprint density at radius 2 is 1.76 bits per heavy atom. The molecule has 0 spiro atoms. The van der Waals surface area contributed by atoms with Crippen LogP contribution in [0, 0.1) is 5.82 Å². The Morgan fingerprint density at radius 1 is 1.03 bits per heavy atom. The summed E-state index contributed by atoms with van der Waals surface area (Å²) in [5.41, 5.74) is -0.0669. The summed E-state index contributed by atoms with van der Waals surface area (Å²) in [6.45, 7) is 0. The molecule has 1 fully saturated rings. The van der Waals surface area contributed by atoms with Crippen molar-refractivity contribution in [1.82, 2.24) is 10.6 Å². The molecule has 2 aliphatic rings. The zero-order valence-corrected chi connectivity index (χ0v) is 19.5. The summed E-state index contributed by atoms with van der Waals surface area (Å²) in [5, 5.41) is 5.12. The van der Waals surface area contributed by atoms with E-state index in [1.165, 1.54) is 12.1 Å². The summed E-state index contributed by atoms with van der Waals surface area (Å²) in [4.78, 5) is 48.4. The molecule has 0 aromatic heterocycles. The number of alkyl halides is 5. The number of nitrogens with one attached hydrogen (secondary N) is 2. The highest BCUT2D eigenvalue weighted by Crippen LogP contribution is 2.39. The van der Waals surface area contributed by atoms with Crippen molar-refractivity contribution in [1.29, 1.82) is 0 Å². The standard InChI is InChI=1S/C25H20F6N2O5/c26-14-3-5-16(19(11-14)38-25(29,30)31)24(27,28)20(34)7-2-12-1-4-15-13(9-12)10-18(22(15)36)32-17-6-8-21(35)33-23(17)37/h1,3-5,9,11,17-18,32H,2,6-8,10H2,(H,33,35,37). The summed E-state index contributed by atoms with van der Waals surface area (Å²) in [6.07, 6.45) is -5.80. The van der Waals surface area contributed by atoms with Crippen LogP contribution < -0.4 is 15.4 Å². The molecule has 1 saturated heterocycles. The second kappa shape index (κ2) is 10.2. The maximum Gasteiger partial charge on any atom is 0.573 e. The van der Waals surface area contributed by atoms with Crippen LogP contribution in [0.1, 0.15) is 46.3 Å². The van der Waals surface area contributed by atoms with E-state index in [4.69, 9.17) is 0 Å². The van der Waals surface area contributed by atoms with Gasteiger partial charge in [0.1, 0.15) is 11.6 Å². The van der Waals surface area contributed by atoms with E-state index in [0.29, 0.717) is 28.8 Å². The molecule has 38 heavy (non-hydrogen) atoms. The first kappa shape index (κ1) is 27.3. The molecule has 2 aromatic rings. The number of Topliss-reactive ketones (excluding diaryl/α,β-unsaturated/α-hetero) is 2. The molecule has 2 amide bonds. The van der Waals surface area contributed by atoms with Crippen molar-refractivity contribution < 1.29 is 50.3 Å². The Balaban J connectivity index is 1.42. The molecule has 1 heterocycles. The molecular formula is C25H20F6N2O5. The van der Waals surface area contributed by atoms with E-state index in [2.05, 4.69) is 15.4 Å². The van der Waals surface area contributed by atoms with E-state index in [1.807, 2.05) is 0 Å². The number of ether oxygens (including phenoxy) is 1. The molecule has 7 nitrogen and oxygen atoms in total. The summed E-state index contributed by atoms with van der Waals surface area (Å²) in [5.74, 6) is -10.1. The van der Waals surface area contributed by atoms with Gasteiger partial charge in [-0.25, -0.2) is 4.39 Å². The number of piperidine rings is 1. The van der Waals surface area contributed by atoms with E-state index in [0.717, 1.165) is 0 Å². The minimum absolute atomic E-state index is 0.126. The van der Waals surface area contributed by atoms with E-state index < -0.39 is 65.5 Å². The van der Waals surface area contributed by atoms with Crippen molar-refractivity contribution in [3.05, 3.63) is 64.5 Å². The van der Waals surface area contributed by atoms with Gasteiger partial charge in [0.15, 0.2) is 5.78 Å². The van der Waals surface area contributed by atoms with Crippen molar-refractivity contribution in [2.24, 2.45) is 0 Å². The lowest BCUT2D eigenvalue weighted by molar-refractivity contribution is -0.275. The first-order chi connectivity index (χ1) is 17.7. The molecule has 1 aliphatic carbocycles. The van der Waals surface area contributed by atoms with Gasteiger partial charge < -0.3 is 4.74 Å². The molecule has 2 atom stereocenters. The third kappa shape index (κ3) is 5.87. The first-order valence-electron chi connectivity index (χ1n) is 11.5. The van der Waals surface area contributed by atoms with Crippen LogP contribution >= 0.6 is 0 Å². The van der Waals surface area contributed by atoms with E-state index in [1.54, 1.807) is 6.07 Å². The number of fused-ring (bicyclic) bond motifs is 1. The Morgan fingerprint density at radius 3 is 2.45 bits per heavy atom. The molecule has 0 radical (unpaired) electrons. The zero-order valence-electron chi connectivity index (χ0n) is 19.5. The highest BCUT2D eigenvalue weighted by molar-refractivity contribution is 6.05. The summed E-state index contributed by atoms with van der Waals surface area (Å²) in [7, 11) is 0. The lowest BCUT2D eigenvalue weighted by Crippen LogP contribution is -2.54. The molecule has 0 saturated carbocycles. The maximum absolute atomic E-state index is 14.8. The topological polar surface area (TPSA) is 102 Å². The van der Waals surface area contributed by atoms with Crippen LogP contribution in [0.5, 0.6) is 5.75 Å². The van der Waals surface area contributed by atoms with Gasteiger partial charge in [-0.1, -0.05) is 18.2 Å². The SMILES string of the molecule is O=C1CCC(NC2Cc3cc(CCC(=O)C(F)(F)c4ccc(F)cc4OC(F)(F)F)ccc3C2=O)C(=O)N1. The minimum atomic E-state index is -5.38. The van der Waals surface area contributed by atoms with Crippen LogP contribution in [-0.2, 0) is 33.1 Å². The molecular weight excluding hydrogens is 522 g/mol. The second-order valence-electron chi connectivity index (χ2n) is 8.97. The quantitative estimate of drug-likeness (QED) is 0.391. The van der Waals surface area contributed by atoms with Crippen LogP contribution in [0.25, 0.3) is 0 Å². The monoisotopic (exact) mass is 542 g/mol. The number of halogens is 6. The average Bonchev–Trinajstić information content (AvgIpc) is 3.12. The number of carbonyl (C=O) groups excluding carboxylic acids is 4. The minimum Gasteiger partial charge on any atom is -0.405 e. The summed E-state index contributed by atoms with van der Waals surface area (Å²) in [6, 6.07) is 4.01. The third-order valence-corrected chi connectivity index (χ3v) is 6.32.